The molecule has 0 amide bonds. The molecule has 11 heavy (non-hydrogen) atoms. The molecule has 0 aromatic rings. The predicted octanol–water partition coefficient (Wildman–Crippen LogP) is 2.69. The van der Waals surface area contributed by atoms with E-state index < -0.39 is 0 Å². The van der Waals surface area contributed by atoms with Gasteiger partial charge in [-0.3, -0.25) is 4.90 Å². The maximum absolute atomic E-state index is 2.58. The third-order valence-electron chi connectivity index (χ3n) is 2.30. The van der Waals surface area contributed by atoms with Crippen molar-refractivity contribution < 1.29 is 0 Å². The van der Waals surface area contributed by atoms with Crippen LogP contribution in [0.15, 0.2) is 0 Å². The van der Waals surface area contributed by atoms with E-state index in [2.05, 4.69) is 25.7 Å². The lowest BCUT2D eigenvalue weighted by atomic mass is 10.0. The molecule has 0 aliphatic carbocycles. The number of nitrogens with zero attached hydrogens (tertiary/aromatic N) is 1. The standard InChI is InChI=1S/C9H19N.ClH/c1-9(2,3)10-7-5-4-6-8-10;/h4-8H2,1-3H3;1H. The maximum Gasteiger partial charge on any atom is 0.0125 e. The SMILES string of the molecule is CC(C)(C)N1CCCCC1.Cl. The van der Waals surface area contributed by atoms with Crippen LogP contribution in [0.3, 0.4) is 0 Å². The van der Waals surface area contributed by atoms with E-state index in [1.807, 2.05) is 0 Å². The first-order valence-corrected chi connectivity index (χ1v) is 4.36. The number of piperidine rings is 1. The zero-order valence-electron chi connectivity index (χ0n) is 7.89. The Kier molecular flexibility index (Phi) is 4.42. The van der Waals surface area contributed by atoms with E-state index in [0.717, 1.165) is 0 Å². The van der Waals surface area contributed by atoms with Crippen molar-refractivity contribution in [2.24, 2.45) is 0 Å². The summed E-state index contributed by atoms with van der Waals surface area (Å²) in [6, 6.07) is 0. The summed E-state index contributed by atoms with van der Waals surface area (Å²) in [6.45, 7) is 9.53. The zero-order chi connectivity index (χ0) is 7.61. The fourth-order valence-electron chi connectivity index (χ4n) is 1.56. The molecule has 68 valence electrons. The van der Waals surface area contributed by atoms with Crippen molar-refractivity contribution in [1.82, 2.24) is 4.90 Å². The van der Waals surface area contributed by atoms with E-state index in [9.17, 15) is 0 Å². The number of hydrogen-bond donors (Lipinski definition) is 0. The Bertz CT molecular complexity index is 101. The van der Waals surface area contributed by atoms with Gasteiger partial charge in [-0.05, 0) is 46.7 Å². The van der Waals surface area contributed by atoms with E-state index in [1.54, 1.807) is 0 Å². The molecule has 0 spiro atoms. The average Bonchev–Trinajstić information content (AvgIpc) is 1.88. The summed E-state index contributed by atoms with van der Waals surface area (Å²) in [5.74, 6) is 0. The van der Waals surface area contributed by atoms with Crippen LogP contribution in [0.4, 0.5) is 0 Å². The van der Waals surface area contributed by atoms with Gasteiger partial charge in [-0.2, -0.15) is 0 Å². The number of likely N-dealkylation sites (tertiary alicyclic amines) is 1. The first kappa shape index (κ1) is 11.2. The molecule has 0 aromatic carbocycles. The maximum atomic E-state index is 2.58. The molecular formula is C9H20ClN. The van der Waals surface area contributed by atoms with Crippen LogP contribution in [0.25, 0.3) is 0 Å². The summed E-state index contributed by atoms with van der Waals surface area (Å²) in [7, 11) is 0. The van der Waals surface area contributed by atoms with Crippen molar-refractivity contribution in [3.63, 3.8) is 0 Å². The van der Waals surface area contributed by atoms with Crippen molar-refractivity contribution in [3.8, 4) is 0 Å². The number of rotatable bonds is 0. The Morgan fingerprint density at radius 1 is 0.909 bits per heavy atom. The lowest BCUT2D eigenvalue weighted by Gasteiger charge is -2.38. The summed E-state index contributed by atoms with van der Waals surface area (Å²) < 4.78 is 0. The van der Waals surface area contributed by atoms with Crippen LogP contribution in [0.5, 0.6) is 0 Å². The Morgan fingerprint density at radius 2 is 1.36 bits per heavy atom. The van der Waals surface area contributed by atoms with Crippen molar-refractivity contribution in [3.05, 3.63) is 0 Å². The monoisotopic (exact) mass is 177 g/mol. The summed E-state index contributed by atoms with van der Waals surface area (Å²) >= 11 is 0. The second kappa shape index (κ2) is 4.32. The largest absolute Gasteiger partial charge is 0.298 e. The van der Waals surface area contributed by atoms with E-state index in [4.69, 9.17) is 0 Å². The third-order valence-corrected chi connectivity index (χ3v) is 2.30. The minimum atomic E-state index is 0. The first-order chi connectivity index (χ1) is 4.61. The Labute approximate surface area is 76.6 Å². The van der Waals surface area contributed by atoms with E-state index in [0.29, 0.717) is 5.54 Å². The molecule has 0 aromatic heterocycles. The molecule has 1 fully saturated rings. The lowest BCUT2D eigenvalue weighted by molar-refractivity contribution is 0.111. The van der Waals surface area contributed by atoms with E-state index in [1.165, 1.54) is 32.4 Å². The quantitative estimate of drug-likeness (QED) is 0.550. The first-order valence-electron chi connectivity index (χ1n) is 4.36. The highest BCUT2D eigenvalue weighted by Crippen LogP contribution is 2.18. The van der Waals surface area contributed by atoms with Gasteiger partial charge in [0.15, 0.2) is 0 Å². The molecule has 1 rings (SSSR count). The van der Waals surface area contributed by atoms with Gasteiger partial charge in [-0.15, -0.1) is 12.4 Å². The molecule has 2 heteroatoms. The fraction of sp³-hybridized carbons (Fsp3) is 1.00. The molecule has 1 heterocycles. The highest BCUT2D eigenvalue weighted by Gasteiger charge is 2.21. The average molecular weight is 178 g/mol. The molecule has 0 bridgehead atoms. The van der Waals surface area contributed by atoms with Gasteiger partial charge in [0.25, 0.3) is 0 Å². The van der Waals surface area contributed by atoms with Crippen molar-refractivity contribution in [1.29, 1.82) is 0 Å². The third kappa shape index (κ3) is 3.44. The van der Waals surface area contributed by atoms with Crippen LogP contribution in [-0.2, 0) is 0 Å². The van der Waals surface area contributed by atoms with Gasteiger partial charge >= 0.3 is 0 Å². The van der Waals surface area contributed by atoms with Gasteiger partial charge in [0.05, 0.1) is 0 Å². The fourth-order valence-corrected chi connectivity index (χ4v) is 1.56. The van der Waals surface area contributed by atoms with Crippen LogP contribution in [0.2, 0.25) is 0 Å². The Morgan fingerprint density at radius 3 is 1.64 bits per heavy atom. The number of hydrogen-bond acceptors (Lipinski definition) is 1. The zero-order valence-corrected chi connectivity index (χ0v) is 8.71. The minimum Gasteiger partial charge on any atom is -0.298 e. The molecule has 1 saturated heterocycles. The molecule has 0 N–H and O–H groups in total. The highest BCUT2D eigenvalue weighted by molar-refractivity contribution is 5.85. The van der Waals surface area contributed by atoms with Gasteiger partial charge in [0.1, 0.15) is 0 Å². The van der Waals surface area contributed by atoms with Gasteiger partial charge < -0.3 is 0 Å². The molecule has 1 nitrogen and oxygen atoms in total. The van der Waals surface area contributed by atoms with E-state index in [-0.39, 0.29) is 12.4 Å². The van der Waals surface area contributed by atoms with Gasteiger partial charge in [0, 0.05) is 5.54 Å². The lowest BCUT2D eigenvalue weighted by Crippen LogP contribution is -2.44. The van der Waals surface area contributed by atoms with Crippen molar-refractivity contribution in [2.45, 2.75) is 45.6 Å². The predicted molar refractivity (Wildman–Crippen MR) is 52.4 cm³/mol. The van der Waals surface area contributed by atoms with Crippen LogP contribution in [-0.4, -0.2) is 23.5 Å². The second-order valence-corrected chi connectivity index (χ2v) is 4.22. The van der Waals surface area contributed by atoms with Crippen LogP contribution >= 0.6 is 12.4 Å². The molecule has 1 aliphatic heterocycles. The topological polar surface area (TPSA) is 3.24 Å². The van der Waals surface area contributed by atoms with Crippen molar-refractivity contribution >= 4 is 12.4 Å². The molecule has 0 unspecified atom stereocenters. The number of halogens is 1. The summed E-state index contributed by atoms with van der Waals surface area (Å²) in [4.78, 5) is 2.58. The van der Waals surface area contributed by atoms with Crippen molar-refractivity contribution in [2.75, 3.05) is 13.1 Å². The molecule has 1 aliphatic rings. The molecule has 0 atom stereocenters. The highest BCUT2D eigenvalue weighted by atomic mass is 35.5. The summed E-state index contributed by atoms with van der Waals surface area (Å²) in [5, 5.41) is 0. The Balaban J connectivity index is 0.000001000. The van der Waals surface area contributed by atoms with Crippen LogP contribution in [0.1, 0.15) is 40.0 Å². The van der Waals surface area contributed by atoms with Gasteiger partial charge in [-0.1, -0.05) is 6.42 Å². The molecular weight excluding hydrogens is 158 g/mol. The molecule has 0 radical (unpaired) electrons. The Hall–Kier alpha value is 0.250. The smallest absolute Gasteiger partial charge is 0.0125 e. The second-order valence-electron chi connectivity index (χ2n) is 4.22. The molecule has 0 saturated carbocycles. The normalized spacial score (nSPS) is 21.0. The minimum absolute atomic E-state index is 0. The van der Waals surface area contributed by atoms with Crippen LogP contribution < -0.4 is 0 Å². The van der Waals surface area contributed by atoms with Gasteiger partial charge in [-0.25, -0.2) is 0 Å². The summed E-state index contributed by atoms with van der Waals surface area (Å²) in [5.41, 5.74) is 0.403. The summed E-state index contributed by atoms with van der Waals surface area (Å²) in [6.07, 6.45) is 4.24. The van der Waals surface area contributed by atoms with Crippen LogP contribution in [0, 0.1) is 0 Å². The van der Waals surface area contributed by atoms with E-state index >= 15 is 0 Å². The van der Waals surface area contributed by atoms with Gasteiger partial charge in [0.2, 0.25) is 0 Å².